The highest BCUT2D eigenvalue weighted by molar-refractivity contribution is 6.36. The summed E-state index contributed by atoms with van der Waals surface area (Å²) in [5.74, 6) is 0.591. The minimum absolute atomic E-state index is 0.140. The molecule has 1 aliphatic rings. The molecule has 9 heteroatoms. The lowest BCUT2D eigenvalue weighted by Gasteiger charge is -2.34. The molecule has 2 amide bonds. The monoisotopic (exact) mass is 375 g/mol. The van der Waals surface area contributed by atoms with Crippen molar-refractivity contribution in [3.05, 3.63) is 41.6 Å². The first-order chi connectivity index (χ1) is 12.4. The third kappa shape index (κ3) is 3.75. The molecule has 3 rings (SSSR count). The molecule has 0 aliphatic carbocycles. The Hall–Kier alpha value is -2.35. The van der Waals surface area contributed by atoms with Crippen molar-refractivity contribution in [2.75, 3.05) is 29.5 Å². The Morgan fingerprint density at radius 1 is 1.31 bits per heavy atom. The number of aromatic nitrogens is 2. The van der Waals surface area contributed by atoms with Crippen molar-refractivity contribution in [1.29, 1.82) is 0 Å². The number of amides is 2. The van der Waals surface area contributed by atoms with Gasteiger partial charge in [0, 0.05) is 25.0 Å². The van der Waals surface area contributed by atoms with E-state index < -0.39 is 0 Å². The topological polar surface area (TPSA) is 52.6 Å². The van der Waals surface area contributed by atoms with Crippen LogP contribution in [0.2, 0.25) is 5.28 Å². The van der Waals surface area contributed by atoms with Crippen molar-refractivity contribution in [3.63, 3.8) is 0 Å². The molecule has 0 unspecified atom stereocenters. The Kier molecular flexibility index (Phi) is 5.32. The molecule has 0 saturated carbocycles. The van der Waals surface area contributed by atoms with Crippen molar-refractivity contribution >= 4 is 42.4 Å². The van der Waals surface area contributed by atoms with Crippen molar-refractivity contribution < 1.29 is 9.18 Å². The number of hydrogen-bond acceptors (Lipinski definition) is 4. The van der Waals surface area contributed by atoms with Crippen LogP contribution in [0.25, 0.3) is 0 Å². The summed E-state index contributed by atoms with van der Waals surface area (Å²) in [6, 6.07) is 5.75. The largest absolute Gasteiger partial charge is 0.343 e. The molecule has 2 heterocycles. The predicted octanol–water partition coefficient (Wildman–Crippen LogP) is 1.85. The predicted molar refractivity (Wildman–Crippen MR) is 103 cm³/mol. The van der Waals surface area contributed by atoms with Gasteiger partial charge in [0.2, 0.25) is 5.28 Å². The summed E-state index contributed by atoms with van der Waals surface area (Å²) in [5, 5.41) is 3.66. The molecule has 0 atom stereocenters. The van der Waals surface area contributed by atoms with E-state index in [-0.39, 0.29) is 17.1 Å². The number of nitrogens with zero attached hydrogens (tertiary/aromatic N) is 5. The number of urea groups is 1. The van der Waals surface area contributed by atoms with Crippen LogP contribution in [0.1, 0.15) is 13.8 Å². The van der Waals surface area contributed by atoms with Gasteiger partial charge in [-0.1, -0.05) is 13.8 Å². The molecule has 136 valence electrons. The molecule has 1 saturated heterocycles. The molecule has 0 radical (unpaired) electrons. The van der Waals surface area contributed by atoms with Crippen LogP contribution in [-0.4, -0.2) is 48.5 Å². The number of carbonyl (C=O) groups is 1. The second-order valence-corrected chi connectivity index (χ2v) is 6.99. The fraction of sp³-hybridized carbons (Fsp3) is 0.353. The van der Waals surface area contributed by atoms with Gasteiger partial charge in [-0.25, -0.2) is 19.2 Å². The Bertz CT molecular complexity index is 804. The number of hydrazine groups is 1. The summed E-state index contributed by atoms with van der Waals surface area (Å²) in [6.07, 6.45) is 1.65. The van der Waals surface area contributed by atoms with E-state index in [1.807, 2.05) is 12.9 Å². The van der Waals surface area contributed by atoms with Crippen LogP contribution < -0.4 is 15.4 Å². The van der Waals surface area contributed by atoms with E-state index in [9.17, 15) is 9.18 Å². The third-order valence-electron chi connectivity index (χ3n) is 4.12. The van der Waals surface area contributed by atoms with E-state index in [2.05, 4.69) is 23.8 Å². The molecule has 0 N–H and O–H groups in total. The fourth-order valence-corrected chi connectivity index (χ4v) is 3.06. The van der Waals surface area contributed by atoms with Crippen LogP contribution in [0.15, 0.2) is 30.5 Å². The van der Waals surface area contributed by atoms with Crippen LogP contribution in [0, 0.1) is 11.7 Å². The van der Waals surface area contributed by atoms with E-state index in [4.69, 9.17) is 11.6 Å². The minimum Gasteiger partial charge on any atom is -0.291 e. The molecule has 1 aromatic heterocycles. The molecule has 1 aliphatic heterocycles. The lowest BCUT2D eigenvalue weighted by atomic mass is 9.98. The highest BCUT2D eigenvalue weighted by Gasteiger charge is 2.35. The third-order valence-corrected chi connectivity index (χ3v) is 4.30. The maximum Gasteiger partial charge on any atom is 0.343 e. The summed E-state index contributed by atoms with van der Waals surface area (Å²) in [4.78, 5) is 23.0. The van der Waals surface area contributed by atoms with Gasteiger partial charge in [0.15, 0.2) is 0 Å². The van der Waals surface area contributed by atoms with Crippen LogP contribution >= 0.6 is 11.6 Å². The molecular formula is C17H20BClFN5O. The van der Waals surface area contributed by atoms with E-state index in [1.165, 1.54) is 12.1 Å². The van der Waals surface area contributed by atoms with Crippen LogP contribution in [0.3, 0.4) is 0 Å². The summed E-state index contributed by atoms with van der Waals surface area (Å²) in [7, 11) is 1.89. The zero-order valence-electron chi connectivity index (χ0n) is 15.0. The van der Waals surface area contributed by atoms with E-state index in [1.54, 1.807) is 28.2 Å². The Morgan fingerprint density at radius 3 is 2.65 bits per heavy atom. The lowest BCUT2D eigenvalue weighted by Crippen LogP contribution is -2.49. The van der Waals surface area contributed by atoms with Crippen LogP contribution in [-0.2, 0) is 0 Å². The van der Waals surface area contributed by atoms with Crippen LogP contribution in [0.5, 0.6) is 0 Å². The second kappa shape index (κ2) is 7.49. The Labute approximate surface area is 158 Å². The summed E-state index contributed by atoms with van der Waals surface area (Å²) < 4.78 is 13.2. The average molecular weight is 376 g/mol. The maximum absolute atomic E-state index is 13.2. The first-order valence-corrected chi connectivity index (χ1v) is 8.86. The minimum atomic E-state index is -0.329. The van der Waals surface area contributed by atoms with Gasteiger partial charge in [0.25, 0.3) is 0 Å². The van der Waals surface area contributed by atoms with Gasteiger partial charge >= 0.3 is 6.03 Å². The number of anilines is 2. The molecule has 1 aromatic carbocycles. The number of carbonyl (C=O) groups excluding carboxylic acids is 1. The van der Waals surface area contributed by atoms with Gasteiger partial charge in [-0.15, -0.1) is 0 Å². The maximum atomic E-state index is 13.2. The van der Waals surface area contributed by atoms with Gasteiger partial charge in [-0.3, -0.25) is 9.91 Å². The van der Waals surface area contributed by atoms with E-state index in [0.29, 0.717) is 37.1 Å². The lowest BCUT2D eigenvalue weighted by molar-refractivity contribution is 0.213. The van der Waals surface area contributed by atoms with Gasteiger partial charge in [0.05, 0.1) is 6.54 Å². The zero-order valence-corrected chi connectivity index (χ0v) is 15.7. The Morgan fingerprint density at radius 2 is 2.00 bits per heavy atom. The molecule has 0 bridgehead atoms. The summed E-state index contributed by atoms with van der Waals surface area (Å²) in [6.45, 7) is 5.77. The molecular weight excluding hydrogens is 355 g/mol. The average Bonchev–Trinajstić information content (AvgIpc) is 2.97. The molecule has 0 spiro atoms. The standard InChI is InChI=1S/C17H20BClFN5O/c1-11(2)10-25(15-14(18)9-21-16(19)22-15)24-8-7-23(17(24)26)13-5-3-12(20)4-6-13/h3-6,9,11H,7-8,10,18H2,1-2H3. The van der Waals surface area contributed by atoms with Crippen molar-refractivity contribution in [2.45, 2.75) is 13.8 Å². The number of rotatable bonds is 5. The van der Waals surface area contributed by atoms with Crippen molar-refractivity contribution in [2.24, 2.45) is 5.92 Å². The SMILES string of the molecule is Bc1cnc(Cl)nc1N(CC(C)C)N1CCN(c2ccc(F)cc2)C1=O. The number of halogens is 2. The number of hydrogen-bond donors (Lipinski definition) is 0. The summed E-state index contributed by atoms with van der Waals surface area (Å²) in [5.41, 5.74) is 1.50. The van der Waals surface area contributed by atoms with Gasteiger partial charge in [-0.2, -0.15) is 4.98 Å². The normalized spacial score (nSPS) is 14.4. The highest BCUT2D eigenvalue weighted by atomic mass is 35.5. The van der Waals surface area contributed by atoms with E-state index in [0.717, 1.165) is 5.46 Å². The van der Waals surface area contributed by atoms with Crippen molar-refractivity contribution in [1.82, 2.24) is 15.0 Å². The smallest absolute Gasteiger partial charge is 0.291 e. The quantitative estimate of drug-likeness (QED) is 0.591. The van der Waals surface area contributed by atoms with Gasteiger partial charge in [-0.05, 0) is 47.2 Å². The van der Waals surface area contributed by atoms with E-state index >= 15 is 0 Å². The molecule has 1 fully saturated rings. The molecule has 2 aromatic rings. The van der Waals surface area contributed by atoms with Gasteiger partial charge in [0.1, 0.15) is 19.5 Å². The molecule has 26 heavy (non-hydrogen) atoms. The highest BCUT2D eigenvalue weighted by Crippen LogP contribution is 2.24. The first kappa shape index (κ1) is 18.4. The second-order valence-electron chi connectivity index (χ2n) is 6.66. The Balaban J connectivity index is 1.91. The zero-order chi connectivity index (χ0) is 18.8. The van der Waals surface area contributed by atoms with Crippen LogP contribution in [0.4, 0.5) is 20.7 Å². The first-order valence-electron chi connectivity index (χ1n) is 8.48. The van der Waals surface area contributed by atoms with Gasteiger partial charge < -0.3 is 0 Å². The molecule has 6 nitrogen and oxygen atoms in total. The fourth-order valence-electron chi connectivity index (χ4n) is 2.93. The van der Waals surface area contributed by atoms with Crippen molar-refractivity contribution in [3.8, 4) is 0 Å². The number of benzene rings is 1. The summed E-state index contributed by atoms with van der Waals surface area (Å²) >= 11 is 5.98.